The average molecular weight is 261 g/mol. The molecule has 0 radical (unpaired) electrons. The summed E-state index contributed by atoms with van der Waals surface area (Å²) in [4.78, 5) is 2.00. The molecule has 0 saturated carbocycles. The first kappa shape index (κ1) is 24.4. The first-order valence-corrected chi connectivity index (χ1v) is 4.46. The number of rotatable bonds is 3. The molecule has 0 aliphatic rings. The summed E-state index contributed by atoms with van der Waals surface area (Å²) in [6.45, 7) is 6.19. The quantitative estimate of drug-likeness (QED) is 0.368. The van der Waals surface area contributed by atoms with Crippen molar-refractivity contribution >= 4 is 12.4 Å². The normalized spacial score (nSPS) is 11.5. The minimum absolute atomic E-state index is 0. The van der Waals surface area contributed by atoms with Gasteiger partial charge in [-0.1, -0.05) is 6.58 Å². The molecule has 0 aliphatic heterocycles. The number of nitrogens with zero attached hydrogens (tertiary/aromatic N) is 2. The van der Waals surface area contributed by atoms with Gasteiger partial charge in [0.1, 0.15) is 0 Å². The first-order valence-electron chi connectivity index (χ1n) is 4.46. The topological polar surface area (TPSA) is 23.5 Å². The lowest BCUT2D eigenvalue weighted by molar-refractivity contribution is -0.929. The van der Waals surface area contributed by atoms with Crippen LogP contribution in [0.4, 0.5) is 0 Å². The molecular formula is C10H26Cl2N2O. The van der Waals surface area contributed by atoms with E-state index in [-0.39, 0.29) is 31.0 Å². The zero-order valence-corrected chi connectivity index (χ0v) is 12.3. The number of aliphatic hydroxyl groups is 1. The van der Waals surface area contributed by atoms with Gasteiger partial charge in [0.2, 0.25) is 0 Å². The van der Waals surface area contributed by atoms with Crippen LogP contribution in [0.2, 0.25) is 0 Å². The molecule has 0 aliphatic carbocycles. The molecule has 3 nitrogen and oxygen atoms in total. The summed E-state index contributed by atoms with van der Waals surface area (Å²) in [7, 11) is 9.93. The molecule has 0 fully saturated rings. The predicted octanol–water partition coefficient (Wildman–Crippen LogP) is -1.81. The maximum Gasteiger partial charge on any atom is 0.187 e. The summed E-state index contributed by atoms with van der Waals surface area (Å²) < 4.78 is 0.587. The van der Waals surface area contributed by atoms with E-state index in [1.807, 2.05) is 46.2 Å². The second-order valence-corrected chi connectivity index (χ2v) is 4.22. The molecule has 0 saturated heterocycles. The van der Waals surface area contributed by atoms with Crippen LogP contribution in [0.25, 0.3) is 0 Å². The van der Waals surface area contributed by atoms with Gasteiger partial charge in [0, 0.05) is 6.92 Å². The fourth-order valence-electron chi connectivity index (χ4n) is 0.485. The molecule has 0 heterocycles. The molecule has 0 aromatic heterocycles. The molecule has 0 aromatic carbocycles. The summed E-state index contributed by atoms with van der Waals surface area (Å²) in [6.07, 6.45) is 1.50. The molecule has 0 spiro atoms. The van der Waals surface area contributed by atoms with E-state index in [4.69, 9.17) is 5.11 Å². The smallest absolute Gasteiger partial charge is 0.187 e. The number of aliphatic hydroxyl groups excluding tert-OH is 1. The second kappa shape index (κ2) is 12.3. The molecular weight excluding hydrogens is 235 g/mol. The Hall–Kier alpha value is 0.200. The Morgan fingerprint density at radius 1 is 1.33 bits per heavy atom. The van der Waals surface area contributed by atoms with Crippen molar-refractivity contribution in [3.05, 3.63) is 12.7 Å². The molecule has 0 bridgehead atoms. The van der Waals surface area contributed by atoms with Crippen molar-refractivity contribution in [2.45, 2.75) is 13.2 Å². The number of hydrogen-bond donors (Lipinski definition) is 1. The molecule has 96 valence electrons. The van der Waals surface area contributed by atoms with E-state index < -0.39 is 0 Å². The van der Waals surface area contributed by atoms with Crippen molar-refractivity contribution in [3.8, 4) is 0 Å². The van der Waals surface area contributed by atoms with E-state index in [1.165, 1.54) is 0 Å². The number of halogens is 2. The molecule has 5 heteroatoms. The molecule has 0 amide bonds. The minimum atomic E-state index is -0.317. The fraction of sp³-hybridized carbons (Fsp3) is 0.800. The van der Waals surface area contributed by atoms with Gasteiger partial charge in [-0.2, -0.15) is 0 Å². The van der Waals surface area contributed by atoms with Crippen LogP contribution in [0.15, 0.2) is 12.7 Å². The highest BCUT2D eigenvalue weighted by Gasteiger charge is 2.18. The van der Waals surface area contributed by atoms with E-state index in [0.717, 1.165) is 6.54 Å². The van der Waals surface area contributed by atoms with Crippen LogP contribution < -0.4 is 12.4 Å². The van der Waals surface area contributed by atoms with E-state index >= 15 is 0 Å². The predicted molar refractivity (Wildman–Crippen MR) is 65.7 cm³/mol. The van der Waals surface area contributed by atoms with Crippen molar-refractivity contribution in [1.29, 1.82) is 0 Å². The van der Waals surface area contributed by atoms with Crippen LogP contribution in [0, 0.1) is 0 Å². The summed E-state index contributed by atoms with van der Waals surface area (Å²) in [5.74, 6) is 0. The van der Waals surface area contributed by atoms with Gasteiger partial charge in [-0.05, 0) is 27.2 Å². The zero-order valence-electron chi connectivity index (χ0n) is 10.7. The molecule has 0 aromatic rings. The molecule has 1 N–H and O–H groups in total. The Balaban J connectivity index is -0.0000000883. The number of hydrogen-bond acceptors (Lipinski definition) is 2. The fourth-order valence-corrected chi connectivity index (χ4v) is 0.485. The van der Waals surface area contributed by atoms with Crippen LogP contribution in [0.5, 0.6) is 0 Å². The Kier molecular flexibility index (Phi) is 20.0. The monoisotopic (exact) mass is 260 g/mol. The highest BCUT2D eigenvalue weighted by molar-refractivity contribution is 5.85. The van der Waals surface area contributed by atoms with Crippen molar-refractivity contribution in [3.63, 3.8) is 0 Å². The van der Waals surface area contributed by atoms with Crippen LogP contribution in [-0.2, 0) is 0 Å². The molecule has 1 unspecified atom stereocenters. The van der Waals surface area contributed by atoms with E-state index in [9.17, 15) is 0 Å². The minimum Gasteiger partial charge on any atom is -1.00 e. The molecule has 15 heavy (non-hydrogen) atoms. The Morgan fingerprint density at radius 2 is 1.60 bits per heavy atom. The van der Waals surface area contributed by atoms with Crippen LogP contribution >= 0.6 is 12.4 Å². The van der Waals surface area contributed by atoms with Gasteiger partial charge in [0.25, 0.3) is 0 Å². The molecule has 1 atom stereocenters. The average Bonchev–Trinajstić information content (AvgIpc) is 1.85. The van der Waals surface area contributed by atoms with Gasteiger partial charge < -0.3 is 26.9 Å². The summed E-state index contributed by atoms with van der Waals surface area (Å²) in [6, 6.07) is 0. The van der Waals surface area contributed by atoms with Crippen molar-refractivity contribution in [1.82, 2.24) is 4.90 Å². The van der Waals surface area contributed by atoms with Crippen LogP contribution in [0.3, 0.4) is 0 Å². The maximum atomic E-state index is 9.14. The highest BCUT2D eigenvalue weighted by Crippen LogP contribution is 2.01. The van der Waals surface area contributed by atoms with Gasteiger partial charge in [-0.15, -0.1) is 12.4 Å². The van der Waals surface area contributed by atoms with E-state index in [0.29, 0.717) is 4.48 Å². The van der Waals surface area contributed by atoms with Crippen LogP contribution in [0.1, 0.15) is 6.92 Å². The number of likely N-dealkylation sites (N-methyl/N-ethyl adjacent to an activating group) is 1. The van der Waals surface area contributed by atoms with Crippen molar-refractivity contribution in [2.75, 3.05) is 41.8 Å². The third kappa shape index (κ3) is 20.3. The maximum absolute atomic E-state index is 9.14. The van der Waals surface area contributed by atoms with Gasteiger partial charge in [-0.25, -0.2) is 0 Å². The number of quaternary nitrogens is 1. The summed E-state index contributed by atoms with van der Waals surface area (Å²) >= 11 is 0. The van der Waals surface area contributed by atoms with Gasteiger partial charge in [0.05, 0.1) is 20.6 Å². The SMILES string of the molecule is C=CC[N+](C)(C)C(C)O.CN(C)C.Cl.[Cl-]. The van der Waals surface area contributed by atoms with Gasteiger partial charge in [0.15, 0.2) is 6.23 Å². The zero-order chi connectivity index (χ0) is 11.1. The highest BCUT2D eigenvalue weighted by atomic mass is 35.5. The van der Waals surface area contributed by atoms with E-state index in [2.05, 4.69) is 6.58 Å². The Morgan fingerprint density at radius 3 is 1.67 bits per heavy atom. The lowest BCUT2D eigenvalue weighted by Crippen LogP contribution is -3.00. The Labute approximate surface area is 107 Å². The third-order valence-electron chi connectivity index (χ3n) is 1.61. The third-order valence-corrected chi connectivity index (χ3v) is 1.61. The first-order chi connectivity index (χ1) is 5.74. The lowest BCUT2D eigenvalue weighted by atomic mass is 10.4. The summed E-state index contributed by atoms with van der Waals surface area (Å²) in [5.41, 5.74) is 0. The van der Waals surface area contributed by atoms with Gasteiger partial charge >= 0.3 is 0 Å². The van der Waals surface area contributed by atoms with Gasteiger partial charge in [-0.3, -0.25) is 0 Å². The second-order valence-electron chi connectivity index (χ2n) is 4.22. The largest absolute Gasteiger partial charge is 1.00 e. The standard InChI is InChI=1S/C7H16NO.C3H9N.2ClH/c1-5-6-8(3,4)7(2)9;1-4(2)3;;/h5,7,9H,1,6H2,2-4H3;1-3H3;2*1H/q+1;;;/p-1. The Bertz CT molecular complexity index is 137. The van der Waals surface area contributed by atoms with Crippen LogP contribution in [-0.4, -0.2) is 62.5 Å². The lowest BCUT2D eigenvalue weighted by Gasteiger charge is -2.31. The molecule has 0 rings (SSSR count). The van der Waals surface area contributed by atoms with Crippen molar-refractivity contribution in [2.24, 2.45) is 0 Å². The summed E-state index contributed by atoms with van der Waals surface area (Å²) in [5, 5.41) is 9.14. The van der Waals surface area contributed by atoms with Crippen molar-refractivity contribution < 1.29 is 22.0 Å². The van der Waals surface area contributed by atoms with E-state index in [1.54, 1.807) is 6.92 Å².